The van der Waals surface area contributed by atoms with Crippen LogP contribution in [0.4, 0.5) is 5.69 Å². The van der Waals surface area contributed by atoms with Crippen molar-refractivity contribution in [2.45, 2.75) is 12.5 Å². The molecule has 0 aliphatic carbocycles. The Morgan fingerprint density at radius 2 is 1.61 bits per heavy atom. The van der Waals surface area contributed by atoms with E-state index in [0.29, 0.717) is 22.3 Å². The first-order valence-electron chi connectivity index (χ1n) is 10.2. The highest BCUT2D eigenvalue weighted by atomic mass is 32.1. The standard InChI is InChI=1S/C24H20N4O4S/c29-21(25-18-12-7-13-19-23(18)28-33-27-19)15-32-22(30)14-20(16-8-3-1-4-9-16)26-24(31)17-10-5-2-6-11-17/h1-13,20H,14-15H2,(H,25,29)(H,26,31)/t20-/m1/s1. The van der Waals surface area contributed by atoms with E-state index in [2.05, 4.69) is 19.4 Å². The van der Waals surface area contributed by atoms with Crippen molar-refractivity contribution in [2.75, 3.05) is 11.9 Å². The van der Waals surface area contributed by atoms with Crippen molar-refractivity contribution in [1.82, 2.24) is 14.1 Å². The second-order valence-electron chi connectivity index (χ2n) is 7.15. The van der Waals surface area contributed by atoms with Gasteiger partial charge in [-0.25, -0.2) is 0 Å². The monoisotopic (exact) mass is 460 g/mol. The highest BCUT2D eigenvalue weighted by Crippen LogP contribution is 2.21. The summed E-state index contributed by atoms with van der Waals surface area (Å²) in [4.78, 5) is 37.4. The number of nitrogens with one attached hydrogen (secondary N) is 2. The van der Waals surface area contributed by atoms with Crippen LogP contribution in [0, 0.1) is 0 Å². The molecule has 33 heavy (non-hydrogen) atoms. The third-order valence-electron chi connectivity index (χ3n) is 4.84. The molecule has 1 atom stereocenters. The second kappa shape index (κ2) is 10.5. The van der Waals surface area contributed by atoms with Crippen molar-refractivity contribution in [1.29, 1.82) is 0 Å². The summed E-state index contributed by atoms with van der Waals surface area (Å²) >= 11 is 1.05. The van der Waals surface area contributed by atoms with E-state index < -0.39 is 24.5 Å². The molecule has 0 unspecified atom stereocenters. The SMILES string of the molecule is O=C(COC(=O)C[C@@H](NC(=O)c1ccccc1)c1ccccc1)Nc1cccc2nsnc12. The highest BCUT2D eigenvalue weighted by molar-refractivity contribution is 7.00. The van der Waals surface area contributed by atoms with Gasteiger partial charge in [-0.3, -0.25) is 14.4 Å². The fraction of sp³-hybridized carbons (Fsp3) is 0.125. The molecule has 0 radical (unpaired) electrons. The van der Waals surface area contributed by atoms with Gasteiger partial charge in [-0.1, -0.05) is 54.6 Å². The zero-order chi connectivity index (χ0) is 23.0. The Bertz CT molecular complexity index is 1260. The normalized spacial score (nSPS) is 11.5. The van der Waals surface area contributed by atoms with Crippen LogP contribution in [0.25, 0.3) is 11.0 Å². The first-order chi connectivity index (χ1) is 16.1. The predicted molar refractivity (Wildman–Crippen MR) is 125 cm³/mol. The number of ether oxygens (including phenoxy) is 1. The molecule has 3 aromatic carbocycles. The maximum absolute atomic E-state index is 12.6. The van der Waals surface area contributed by atoms with Crippen molar-refractivity contribution < 1.29 is 19.1 Å². The fourth-order valence-corrected chi connectivity index (χ4v) is 3.78. The van der Waals surface area contributed by atoms with Gasteiger partial charge in [0, 0.05) is 5.56 Å². The second-order valence-corrected chi connectivity index (χ2v) is 7.68. The number of benzene rings is 3. The largest absolute Gasteiger partial charge is 0.455 e. The van der Waals surface area contributed by atoms with Crippen LogP contribution in [0.2, 0.25) is 0 Å². The molecule has 8 nitrogen and oxygen atoms in total. The van der Waals surface area contributed by atoms with E-state index >= 15 is 0 Å². The molecule has 0 saturated heterocycles. The van der Waals surface area contributed by atoms with E-state index in [4.69, 9.17) is 4.74 Å². The smallest absolute Gasteiger partial charge is 0.308 e. The Morgan fingerprint density at radius 1 is 0.879 bits per heavy atom. The molecule has 166 valence electrons. The van der Waals surface area contributed by atoms with Gasteiger partial charge in [0.15, 0.2) is 6.61 Å². The maximum atomic E-state index is 12.6. The summed E-state index contributed by atoms with van der Waals surface area (Å²) in [6, 6.07) is 22.5. The van der Waals surface area contributed by atoms with Gasteiger partial charge in [0.2, 0.25) is 0 Å². The quantitative estimate of drug-likeness (QED) is 0.388. The summed E-state index contributed by atoms with van der Waals surface area (Å²) in [5.41, 5.74) is 2.99. The van der Waals surface area contributed by atoms with Crippen LogP contribution in [0.3, 0.4) is 0 Å². The van der Waals surface area contributed by atoms with Gasteiger partial charge in [0.05, 0.1) is 29.9 Å². The lowest BCUT2D eigenvalue weighted by Gasteiger charge is -2.19. The van der Waals surface area contributed by atoms with E-state index in [9.17, 15) is 14.4 Å². The molecular formula is C24H20N4O4S. The molecule has 1 aromatic heterocycles. The van der Waals surface area contributed by atoms with Crippen LogP contribution in [0.15, 0.2) is 78.9 Å². The molecular weight excluding hydrogens is 440 g/mol. The fourth-order valence-electron chi connectivity index (χ4n) is 3.23. The number of amides is 2. The number of anilines is 1. The molecule has 4 aromatic rings. The van der Waals surface area contributed by atoms with Crippen LogP contribution >= 0.6 is 11.7 Å². The summed E-state index contributed by atoms with van der Waals surface area (Å²) in [6.07, 6.45) is -0.124. The minimum atomic E-state index is -0.610. The summed E-state index contributed by atoms with van der Waals surface area (Å²) in [5, 5.41) is 5.55. The number of carbonyl (C=O) groups is 3. The number of esters is 1. The van der Waals surface area contributed by atoms with Gasteiger partial charge in [-0.2, -0.15) is 8.75 Å². The van der Waals surface area contributed by atoms with Crippen molar-refractivity contribution in [2.24, 2.45) is 0 Å². The molecule has 0 aliphatic rings. The van der Waals surface area contributed by atoms with Crippen molar-refractivity contribution in [3.63, 3.8) is 0 Å². The van der Waals surface area contributed by atoms with Crippen LogP contribution in [-0.4, -0.2) is 33.1 Å². The maximum Gasteiger partial charge on any atom is 0.308 e. The topological polar surface area (TPSA) is 110 Å². The molecule has 0 spiro atoms. The number of fused-ring (bicyclic) bond motifs is 1. The van der Waals surface area contributed by atoms with Crippen LogP contribution in [0.5, 0.6) is 0 Å². The zero-order valence-corrected chi connectivity index (χ0v) is 18.2. The van der Waals surface area contributed by atoms with Gasteiger partial charge in [0.1, 0.15) is 11.0 Å². The third-order valence-corrected chi connectivity index (χ3v) is 5.38. The number of hydrogen-bond donors (Lipinski definition) is 2. The Labute approximate surface area is 193 Å². The summed E-state index contributed by atoms with van der Waals surface area (Å²) in [6.45, 7) is -0.457. The summed E-state index contributed by atoms with van der Waals surface area (Å²) in [7, 11) is 0. The lowest BCUT2D eigenvalue weighted by molar-refractivity contribution is -0.147. The van der Waals surface area contributed by atoms with E-state index in [0.717, 1.165) is 17.3 Å². The molecule has 2 amide bonds. The number of nitrogens with zero attached hydrogens (tertiary/aromatic N) is 2. The molecule has 0 saturated carbocycles. The molecule has 9 heteroatoms. The zero-order valence-electron chi connectivity index (χ0n) is 17.4. The van der Waals surface area contributed by atoms with E-state index in [1.54, 1.807) is 42.5 Å². The number of rotatable bonds is 8. The Hall–Kier alpha value is -4.11. The van der Waals surface area contributed by atoms with E-state index in [1.807, 2.05) is 36.4 Å². The Balaban J connectivity index is 1.37. The molecule has 2 N–H and O–H groups in total. The van der Waals surface area contributed by atoms with E-state index in [-0.39, 0.29) is 12.3 Å². The lowest BCUT2D eigenvalue weighted by Crippen LogP contribution is -2.31. The van der Waals surface area contributed by atoms with Crippen molar-refractivity contribution >= 4 is 46.2 Å². The van der Waals surface area contributed by atoms with Gasteiger partial charge >= 0.3 is 5.97 Å². The van der Waals surface area contributed by atoms with Crippen LogP contribution < -0.4 is 10.6 Å². The van der Waals surface area contributed by atoms with Gasteiger partial charge < -0.3 is 15.4 Å². The van der Waals surface area contributed by atoms with Gasteiger partial charge in [-0.05, 0) is 29.8 Å². The Morgan fingerprint density at radius 3 is 2.36 bits per heavy atom. The average Bonchev–Trinajstić information content (AvgIpc) is 3.33. The minimum Gasteiger partial charge on any atom is -0.455 e. The van der Waals surface area contributed by atoms with Crippen LogP contribution in [0.1, 0.15) is 28.4 Å². The van der Waals surface area contributed by atoms with Crippen molar-refractivity contribution in [3.8, 4) is 0 Å². The first-order valence-corrected chi connectivity index (χ1v) is 10.9. The van der Waals surface area contributed by atoms with Crippen LogP contribution in [-0.2, 0) is 14.3 Å². The minimum absolute atomic E-state index is 0.124. The first kappa shape index (κ1) is 22.1. The van der Waals surface area contributed by atoms with E-state index in [1.165, 1.54) is 0 Å². The molecule has 0 bridgehead atoms. The molecule has 0 aliphatic heterocycles. The number of hydrogen-bond acceptors (Lipinski definition) is 7. The third kappa shape index (κ3) is 5.78. The number of carbonyl (C=O) groups excluding carboxylic acids is 3. The van der Waals surface area contributed by atoms with Gasteiger partial charge in [-0.15, -0.1) is 0 Å². The molecule has 0 fully saturated rings. The van der Waals surface area contributed by atoms with Gasteiger partial charge in [0.25, 0.3) is 11.8 Å². The molecule has 4 rings (SSSR count). The average molecular weight is 461 g/mol. The highest BCUT2D eigenvalue weighted by Gasteiger charge is 2.21. The van der Waals surface area contributed by atoms with Crippen molar-refractivity contribution in [3.05, 3.63) is 90.0 Å². The predicted octanol–water partition coefficient (Wildman–Crippen LogP) is 3.73. The lowest BCUT2D eigenvalue weighted by atomic mass is 10.0. The summed E-state index contributed by atoms with van der Waals surface area (Å²) in [5.74, 6) is -1.41. The molecule has 1 heterocycles. The Kier molecular flexibility index (Phi) is 7.01. The number of aromatic nitrogens is 2. The summed E-state index contributed by atoms with van der Waals surface area (Å²) < 4.78 is 13.5.